The second-order valence-electron chi connectivity index (χ2n) is 13.4. The molecule has 4 rings (SSSR count). The summed E-state index contributed by atoms with van der Waals surface area (Å²) in [6.07, 6.45) is 12.0. The van der Waals surface area contributed by atoms with Gasteiger partial charge in [0, 0.05) is 38.2 Å². The molecule has 0 amide bonds. The third kappa shape index (κ3) is 12.9. The molecule has 0 fully saturated rings. The molecule has 4 aromatic rings. The van der Waals surface area contributed by atoms with Crippen LogP contribution in [0.4, 0.5) is 17.6 Å². The Morgan fingerprint density at radius 2 is 0.782 bits per heavy atom. The van der Waals surface area contributed by atoms with E-state index in [1.165, 1.54) is 24.3 Å². The van der Waals surface area contributed by atoms with Crippen LogP contribution in [0.1, 0.15) is 90.9 Å². The fraction of sp³-hybridized carbons (Fsp3) is 0.467. The largest absolute Gasteiger partial charge is 0.494 e. The Kier molecular flexibility index (Phi) is 18.1. The molecule has 0 saturated heterocycles. The molecule has 10 heteroatoms. The number of rotatable bonds is 26. The van der Waals surface area contributed by atoms with Crippen molar-refractivity contribution < 1.29 is 46.0 Å². The second kappa shape index (κ2) is 22.9. The molecule has 0 N–H and O–H groups in total. The van der Waals surface area contributed by atoms with Gasteiger partial charge in [0.1, 0.15) is 11.5 Å². The van der Waals surface area contributed by atoms with Crippen LogP contribution in [0.2, 0.25) is 0 Å². The van der Waals surface area contributed by atoms with Crippen LogP contribution in [0.5, 0.6) is 23.0 Å². The van der Waals surface area contributed by atoms with Crippen molar-refractivity contribution in [2.24, 2.45) is 0 Å². The number of unbranched alkanes of at least 4 members (excludes halogenated alkanes) is 8. The Morgan fingerprint density at radius 1 is 0.418 bits per heavy atom. The summed E-state index contributed by atoms with van der Waals surface area (Å²) in [7, 11) is 3.44. The summed E-state index contributed by atoms with van der Waals surface area (Å²) >= 11 is 0. The maximum atomic E-state index is 14.6. The third-order valence-corrected chi connectivity index (χ3v) is 9.71. The van der Waals surface area contributed by atoms with Crippen molar-refractivity contribution in [2.45, 2.75) is 96.7 Å². The highest BCUT2D eigenvalue weighted by molar-refractivity contribution is 5.67. The maximum absolute atomic E-state index is 14.6. The Hall–Kier alpha value is -4.28. The van der Waals surface area contributed by atoms with E-state index in [0.29, 0.717) is 35.8 Å². The Balaban J connectivity index is 1.04. The zero-order valence-corrected chi connectivity index (χ0v) is 32.7. The van der Waals surface area contributed by atoms with E-state index in [9.17, 15) is 17.6 Å². The van der Waals surface area contributed by atoms with E-state index < -0.39 is 29.1 Å². The smallest absolute Gasteiger partial charge is 0.201 e. The number of hydrogen-bond donors (Lipinski definition) is 0. The molecule has 0 aliphatic heterocycles. The maximum Gasteiger partial charge on any atom is 0.201 e. The highest BCUT2D eigenvalue weighted by atomic mass is 19.2. The van der Waals surface area contributed by atoms with Gasteiger partial charge in [-0.1, -0.05) is 62.8 Å². The lowest BCUT2D eigenvalue weighted by Gasteiger charge is -2.31. The Bertz CT molecular complexity index is 1590. The highest BCUT2D eigenvalue weighted by Gasteiger charge is 2.28. The fourth-order valence-electron chi connectivity index (χ4n) is 6.55. The predicted molar refractivity (Wildman–Crippen MR) is 209 cm³/mol. The third-order valence-electron chi connectivity index (χ3n) is 9.71. The first-order valence-corrected chi connectivity index (χ1v) is 19.5. The van der Waals surface area contributed by atoms with E-state index in [0.717, 1.165) is 77.0 Å². The van der Waals surface area contributed by atoms with Gasteiger partial charge < -0.3 is 28.4 Å². The molecule has 0 unspecified atom stereocenters. The summed E-state index contributed by atoms with van der Waals surface area (Å²) in [5.74, 6) is -3.17. The van der Waals surface area contributed by atoms with Gasteiger partial charge >= 0.3 is 0 Å². The van der Waals surface area contributed by atoms with Crippen molar-refractivity contribution in [3.05, 3.63) is 96.1 Å². The van der Waals surface area contributed by atoms with Gasteiger partial charge in [0.2, 0.25) is 11.6 Å². The number of benzene rings is 4. The van der Waals surface area contributed by atoms with E-state index in [-0.39, 0.29) is 35.8 Å². The molecule has 0 aliphatic rings. The van der Waals surface area contributed by atoms with Gasteiger partial charge in [-0.3, -0.25) is 0 Å². The molecule has 0 spiro atoms. The van der Waals surface area contributed by atoms with Crippen LogP contribution >= 0.6 is 0 Å². The summed E-state index contributed by atoms with van der Waals surface area (Å²) in [4.78, 5) is 0. The van der Waals surface area contributed by atoms with Gasteiger partial charge in [-0.15, -0.1) is 0 Å². The van der Waals surface area contributed by atoms with Gasteiger partial charge in [-0.2, -0.15) is 8.78 Å². The van der Waals surface area contributed by atoms with Crippen LogP contribution in [-0.2, 0) is 9.47 Å². The van der Waals surface area contributed by atoms with Crippen molar-refractivity contribution in [1.29, 1.82) is 0 Å². The minimum atomic E-state index is -0.980. The van der Waals surface area contributed by atoms with Crippen LogP contribution in [0, 0.1) is 23.3 Å². The van der Waals surface area contributed by atoms with Crippen molar-refractivity contribution in [3.63, 3.8) is 0 Å². The number of halogens is 4. The lowest BCUT2D eigenvalue weighted by atomic mass is 9.99. The van der Waals surface area contributed by atoms with Crippen LogP contribution in [0.15, 0.2) is 72.8 Å². The van der Waals surface area contributed by atoms with Crippen LogP contribution in [0.25, 0.3) is 22.3 Å². The summed E-state index contributed by atoms with van der Waals surface area (Å²) in [5, 5.41) is 0. The molecule has 0 bridgehead atoms. The molecular formula is C45H56F4O6. The van der Waals surface area contributed by atoms with Crippen LogP contribution < -0.4 is 18.9 Å². The van der Waals surface area contributed by atoms with E-state index in [2.05, 4.69) is 0 Å². The molecule has 0 heterocycles. The van der Waals surface area contributed by atoms with Crippen molar-refractivity contribution in [1.82, 2.24) is 0 Å². The normalized spacial score (nSPS) is 11.5. The molecule has 55 heavy (non-hydrogen) atoms. The molecule has 0 aliphatic carbocycles. The summed E-state index contributed by atoms with van der Waals surface area (Å²) in [6.45, 7) is 5.14. The van der Waals surface area contributed by atoms with E-state index in [1.54, 1.807) is 76.6 Å². The van der Waals surface area contributed by atoms with Crippen LogP contribution in [-0.4, -0.2) is 46.4 Å². The summed E-state index contributed by atoms with van der Waals surface area (Å²) in [5.41, 5.74) is 1.50. The first-order chi connectivity index (χ1) is 26.8. The molecular weight excluding hydrogens is 712 g/mol. The minimum Gasteiger partial charge on any atom is -0.494 e. The van der Waals surface area contributed by atoms with Gasteiger partial charge in [0.15, 0.2) is 28.9 Å². The first kappa shape index (κ1) is 43.4. The van der Waals surface area contributed by atoms with Gasteiger partial charge in [-0.25, -0.2) is 8.78 Å². The lowest BCUT2D eigenvalue weighted by Crippen LogP contribution is -2.33. The van der Waals surface area contributed by atoms with Gasteiger partial charge in [-0.05, 0) is 99.2 Å². The minimum absolute atomic E-state index is 0.0893. The molecule has 0 aromatic heterocycles. The van der Waals surface area contributed by atoms with Crippen molar-refractivity contribution in [2.75, 3.05) is 40.6 Å². The highest BCUT2D eigenvalue weighted by Crippen LogP contribution is 2.33. The molecule has 0 saturated carbocycles. The SMILES string of the molecule is CCOc1ccc(-c2ccc(OCCCCCCCC(CCCCCCCOc3ccc(-c4ccc(OCC)c(F)c4F)cc3)(OC)OC)cc2)c(F)c1F. The average Bonchev–Trinajstić information content (AvgIpc) is 3.20. The predicted octanol–water partition coefficient (Wildman–Crippen LogP) is 12.5. The van der Waals surface area contributed by atoms with Crippen molar-refractivity contribution >= 4 is 0 Å². The topological polar surface area (TPSA) is 55.4 Å². The van der Waals surface area contributed by atoms with Crippen LogP contribution in [0.3, 0.4) is 0 Å². The van der Waals surface area contributed by atoms with Crippen molar-refractivity contribution in [3.8, 4) is 45.3 Å². The lowest BCUT2D eigenvalue weighted by molar-refractivity contribution is -0.216. The Labute approximate surface area is 324 Å². The zero-order chi connectivity index (χ0) is 39.5. The number of methoxy groups -OCH3 is 2. The second-order valence-corrected chi connectivity index (χ2v) is 13.4. The number of ether oxygens (including phenoxy) is 6. The zero-order valence-electron chi connectivity index (χ0n) is 32.7. The fourth-order valence-corrected chi connectivity index (χ4v) is 6.55. The molecule has 4 aromatic carbocycles. The summed E-state index contributed by atoms with van der Waals surface area (Å²) in [6, 6.07) is 20.0. The van der Waals surface area contributed by atoms with E-state index in [4.69, 9.17) is 28.4 Å². The summed E-state index contributed by atoms with van der Waals surface area (Å²) < 4.78 is 91.4. The quantitative estimate of drug-likeness (QED) is 0.0360. The average molecular weight is 769 g/mol. The monoisotopic (exact) mass is 768 g/mol. The first-order valence-electron chi connectivity index (χ1n) is 19.5. The standard InChI is InChI=1S/C45H56F4O6/c1-5-52-39-27-25-37(41(46)43(39)48)33-17-21-35(22-18-33)54-31-15-11-7-9-13-29-45(50-3,51-4)30-14-10-8-12-16-32-55-36-23-19-34(20-24-36)38-26-28-40(53-6-2)44(49)42(38)47/h17-28H,5-16,29-32H2,1-4H3. The molecule has 0 atom stereocenters. The van der Waals surface area contributed by atoms with Gasteiger partial charge in [0.05, 0.1) is 26.4 Å². The van der Waals surface area contributed by atoms with E-state index >= 15 is 0 Å². The number of hydrogen-bond acceptors (Lipinski definition) is 6. The molecule has 300 valence electrons. The van der Waals surface area contributed by atoms with Gasteiger partial charge in [0.25, 0.3) is 0 Å². The molecule has 0 radical (unpaired) electrons. The Morgan fingerprint density at radius 3 is 1.15 bits per heavy atom. The van der Waals surface area contributed by atoms with E-state index in [1.807, 2.05) is 0 Å². The molecule has 6 nitrogen and oxygen atoms in total.